The molecular formula is C17H29N5O2S. The Morgan fingerprint density at radius 3 is 2.72 bits per heavy atom. The maximum absolute atomic E-state index is 12.4. The lowest BCUT2D eigenvalue weighted by molar-refractivity contribution is -0.128. The van der Waals surface area contributed by atoms with Crippen molar-refractivity contribution in [1.29, 1.82) is 0 Å². The Balaban J connectivity index is 1.86. The van der Waals surface area contributed by atoms with Gasteiger partial charge in [0, 0.05) is 25.4 Å². The van der Waals surface area contributed by atoms with Gasteiger partial charge in [0.25, 0.3) is 0 Å². The highest BCUT2D eigenvalue weighted by atomic mass is 32.1. The molecular weight excluding hydrogens is 338 g/mol. The van der Waals surface area contributed by atoms with Crippen LogP contribution < -0.4 is 5.32 Å². The number of hydrogen-bond donors (Lipinski definition) is 1. The van der Waals surface area contributed by atoms with Crippen molar-refractivity contribution in [3.8, 4) is 0 Å². The molecule has 2 heterocycles. The van der Waals surface area contributed by atoms with E-state index in [2.05, 4.69) is 34.3 Å². The van der Waals surface area contributed by atoms with Crippen LogP contribution in [0, 0.1) is 5.92 Å². The number of rotatable bonds is 9. The summed E-state index contributed by atoms with van der Waals surface area (Å²) in [4.78, 5) is 28.4. The molecule has 1 fully saturated rings. The number of nitrogens with zero attached hydrogens (tertiary/aromatic N) is 4. The summed E-state index contributed by atoms with van der Waals surface area (Å²) < 4.78 is 0. The molecule has 0 radical (unpaired) electrons. The first-order chi connectivity index (χ1) is 11.9. The molecule has 1 aliphatic rings. The van der Waals surface area contributed by atoms with Gasteiger partial charge in [-0.2, -0.15) is 0 Å². The highest BCUT2D eigenvalue weighted by Crippen LogP contribution is 2.28. The number of anilines is 1. The molecule has 1 atom stereocenters. The molecule has 8 heteroatoms. The van der Waals surface area contributed by atoms with Crippen LogP contribution in [0.3, 0.4) is 0 Å². The highest BCUT2D eigenvalue weighted by Gasteiger charge is 2.34. The van der Waals surface area contributed by atoms with Gasteiger partial charge in [-0.05, 0) is 39.9 Å². The Hall–Kier alpha value is -1.54. The molecule has 0 aromatic carbocycles. The number of likely N-dealkylation sites (tertiary alicyclic amines) is 1. The van der Waals surface area contributed by atoms with Crippen LogP contribution in [0.1, 0.15) is 50.5 Å². The Bertz CT molecular complexity index is 585. The van der Waals surface area contributed by atoms with Crippen LogP contribution >= 0.6 is 11.3 Å². The zero-order valence-corrected chi connectivity index (χ0v) is 16.4. The molecule has 1 aromatic heterocycles. The number of aromatic nitrogens is 2. The van der Waals surface area contributed by atoms with E-state index in [0.29, 0.717) is 24.1 Å². The van der Waals surface area contributed by atoms with Gasteiger partial charge in [0.1, 0.15) is 5.01 Å². The SMILES string of the molecule is CCC(CC)c1nnc(NC(=O)C2CC(=O)N(CCCN(C)C)C2)s1. The summed E-state index contributed by atoms with van der Waals surface area (Å²) in [7, 11) is 4.03. The van der Waals surface area contributed by atoms with Gasteiger partial charge in [-0.3, -0.25) is 9.59 Å². The Morgan fingerprint density at radius 2 is 2.08 bits per heavy atom. The second-order valence-corrected chi connectivity index (χ2v) is 7.85. The van der Waals surface area contributed by atoms with Gasteiger partial charge in [0.2, 0.25) is 16.9 Å². The second-order valence-electron chi connectivity index (χ2n) is 6.85. The van der Waals surface area contributed by atoms with E-state index >= 15 is 0 Å². The molecule has 2 rings (SSSR count). The first-order valence-corrected chi connectivity index (χ1v) is 9.83. The van der Waals surface area contributed by atoms with Gasteiger partial charge in [-0.15, -0.1) is 10.2 Å². The molecule has 0 spiro atoms. The summed E-state index contributed by atoms with van der Waals surface area (Å²) in [6, 6.07) is 0. The van der Waals surface area contributed by atoms with E-state index in [1.807, 2.05) is 14.1 Å². The number of hydrogen-bond acceptors (Lipinski definition) is 6. The average molecular weight is 368 g/mol. The van der Waals surface area contributed by atoms with E-state index in [1.54, 1.807) is 4.90 Å². The standard InChI is InChI=1S/C17H29N5O2S/c1-5-12(6-2)16-19-20-17(25-16)18-15(24)13-10-14(23)22(11-13)9-7-8-21(3)4/h12-13H,5-11H2,1-4H3,(H,18,20,24). The summed E-state index contributed by atoms with van der Waals surface area (Å²) in [6.45, 7) is 6.39. The summed E-state index contributed by atoms with van der Waals surface area (Å²) in [6.07, 6.45) is 3.23. The van der Waals surface area contributed by atoms with E-state index in [4.69, 9.17) is 0 Å². The maximum Gasteiger partial charge on any atom is 0.231 e. The smallest absolute Gasteiger partial charge is 0.231 e. The third-order valence-corrected chi connectivity index (χ3v) is 5.63. The third kappa shape index (κ3) is 5.47. The normalized spacial score (nSPS) is 17.8. The zero-order chi connectivity index (χ0) is 18.4. The maximum atomic E-state index is 12.4. The van der Waals surface area contributed by atoms with Crippen LogP contribution in [0.15, 0.2) is 0 Å². The summed E-state index contributed by atoms with van der Waals surface area (Å²) in [5.41, 5.74) is 0. The minimum atomic E-state index is -0.299. The molecule has 140 valence electrons. The minimum absolute atomic E-state index is 0.0638. The number of carbonyl (C=O) groups is 2. The van der Waals surface area contributed by atoms with Crippen LogP contribution in [0.2, 0.25) is 0 Å². The van der Waals surface area contributed by atoms with Crippen LogP contribution in [-0.4, -0.2) is 65.5 Å². The van der Waals surface area contributed by atoms with E-state index in [1.165, 1.54) is 11.3 Å². The van der Waals surface area contributed by atoms with Gasteiger partial charge in [-0.1, -0.05) is 25.2 Å². The number of nitrogens with one attached hydrogen (secondary N) is 1. The van der Waals surface area contributed by atoms with E-state index in [9.17, 15) is 9.59 Å². The Morgan fingerprint density at radius 1 is 1.36 bits per heavy atom. The van der Waals surface area contributed by atoms with Gasteiger partial charge in [0.15, 0.2) is 0 Å². The molecule has 2 amide bonds. The molecule has 0 saturated carbocycles. The predicted molar refractivity (Wildman–Crippen MR) is 99.7 cm³/mol. The van der Waals surface area contributed by atoms with E-state index in [0.717, 1.165) is 30.8 Å². The molecule has 1 unspecified atom stereocenters. The molecule has 1 aromatic rings. The Labute approximate surface area is 153 Å². The molecule has 0 bridgehead atoms. The highest BCUT2D eigenvalue weighted by molar-refractivity contribution is 7.15. The van der Waals surface area contributed by atoms with Crippen LogP contribution in [-0.2, 0) is 9.59 Å². The Kier molecular flexibility index (Phi) is 7.31. The lowest BCUT2D eigenvalue weighted by Crippen LogP contribution is -2.30. The molecule has 0 aliphatic carbocycles. The molecule has 7 nitrogen and oxygen atoms in total. The van der Waals surface area contributed by atoms with Gasteiger partial charge in [-0.25, -0.2) is 0 Å². The van der Waals surface area contributed by atoms with Gasteiger partial charge >= 0.3 is 0 Å². The second kappa shape index (κ2) is 9.24. The molecule has 1 aliphatic heterocycles. The zero-order valence-electron chi connectivity index (χ0n) is 15.6. The van der Waals surface area contributed by atoms with Gasteiger partial charge in [0.05, 0.1) is 5.92 Å². The first kappa shape index (κ1) is 19.8. The fourth-order valence-electron chi connectivity index (χ4n) is 3.04. The van der Waals surface area contributed by atoms with Crippen molar-refractivity contribution >= 4 is 28.3 Å². The van der Waals surface area contributed by atoms with Crippen molar-refractivity contribution in [2.45, 2.75) is 45.4 Å². The number of carbonyl (C=O) groups excluding carboxylic acids is 2. The van der Waals surface area contributed by atoms with Crippen LogP contribution in [0.4, 0.5) is 5.13 Å². The summed E-state index contributed by atoms with van der Waals surface area (Å²) >= 11 is 1.44. The quantitative estimate of drug-likeness (QED) is 0.724. The van der Waals surface area contributed by atoms with Crippen LogP contribution in [0.5, 0.6) is 0 Å². The molecule has 25 heavy (non-hydrogen) atoms. The first-order valence-electron chi connectivity index (χ1n) is 9.01. The number of amides is 2. The van der Waals surface area contributed by atoms with Crippen molar-refractivity contribution in [3.05, 3.63) is 5.01 Å². The van der Waals surface area contributed by atoms with Crippen molar-refractivity contribution in [1.82, 2.24) is 20.0 Å². The van der Waals surface area contributed by atoms with Crippen LogP contribution in [0.25, 0.3) is 0 Å². The third-order valence-electron chi connectivity index (χ3n) is 4.62. The van der Waals surface area contributed by atoms with Crippen molar-refractivity contribution in [3.63, 3.8) is 0 Å². The lowest BCUT2D eigenvalue weighted by Gasteiger charge is -2.17. The van der Waals surface area contributed by atoms with E-state index in [-0.39, 0.29) is 24.2 Å². The summed E-state index contributed by atoms with van der Waals surface area (Å²) in [5, 5.41) is 12.6. The lowest BCUT2D eigenvalue weighted by atomic mass is 10.1. The molecule has 1 N–H and O–H groups in total. The van der Waals surface area contributed by atoms with E-state index < -0.39 is 0 Å². The van der Waals surface area contributed by atoms with Crippen molar-refractivity contribution in [2.75, 3.05) is 39.0 Å². The fraction of sp³-hybridized carbons (Fsp3) is 0.765. The van der Waals surface area contributed by atoms with Crippen molar-refractivity contribution < 1.29 is 9.59 Å². The minimum Gasteiger partial charge on any atom is -0.342 e. The van der Waals surface area contributed by atoms with Gasteiger partial charge < -0.3 is 15.1 Å². The summed E-state index contributed by atoms with van der Waals surface area (Å²) in [5.74, 6) is 0.0281. The topological polar surface area (TPSA) is 78.4 Å². The fourth-order valence-corrected chi connectivity index (χ4v) is 4.05. The monoisotopic (exact) mass is 367 g/mol. The largest absolute Gasteiger partial charge is 0.342 e. The molecule has 1 saturated heterocycles. The average Bonchev–Trinajstić information content (AvgIpc) is 3.16. The van der Waals surface area contributed by atoms with Crippen molar-refractivity contribution in [2.24, 2.45) is 5.92 Å². The predicted octanol–water partition coefficient (Wildman–Crippen LogP) is 2.18.